The van der Waals surface area contributed by atoms with Gasteiger partial charge in [0.05, 0.1) is 13.3 Å². The molecule has 2 aromatic heterocycles. The molecule has 0 aromatic carbocycles. The van der Waals surface area contributed by atoms with Crippen LogP contribution in [0.1, 0.15) is 44.8 Å². The molecule has 5 heterocycles. The molecule has 150 valence electrons. The number of carbonyl (C=O) groups excluding carboxylic acids is 1. The van der Waals surface area contributed by atoms with E-state index in [-0.39, 0.29) is 17.6 Å². The molecular weight excluding hydrogens is 360 g/mol. The summed E-state index contributed by atoms with van der Waals surface area (Å²) in [5.41, 5.74) is 1.49. The fraction of sp³-hybridized carbons (Fsp3) is 0.684. The highest BCUT2D eigenvalue weighted by molar-refractivity contribution is 5.79. The number of ether oxygens (including phenoxy) is 2. The van der Waals surface area contributed by atoms with E-state index in [2.05, 4.69) is 20.3 Å². The summed E-state index contributed by atoms with van der Waals surface area (Å²) in [6, 6.07) is 0. The molecule has 1 atom stereocenters. The van der Waals surface area contributed by atoms with Gasteiger partial charge in [-0.3, -0.25) is 4.79 Å². The minimum atomic E-state index is -0.120. The Bertz CT molecular complexity index is 883. The maximum atomic E-state index is 11.7. The van der Waals surface area contributed by atoms with Gasteiger partial charge in [-0.15, -0.1) is 5.10 Å². The van der Waals surface area contributed by atoms with Gasteiger partial charge in [-0.2, -0.15) is 0 Å². The van der Waals surface area contributed by atoms with Crippen LogP contribution in [0.3, 0.4) is 0 Å². The van der Waals surface area contributed by atoms with E-state index in [1.807, 2.05) is 4.68 Å². The highest BCUT2D eigenvalue weighted by Crippen LogP contribution is 2.39. The zero-order valence-electron chi connectivity index (χ0n) is 16.2. The van der Waals surface area contributed by atoms with Crippen molar-refractivity contribution in [3.8, 4) is 5.88 Å². The van der Waals surface area contributed by atoms with E-state index in [0.29, 0.717) is 23.5 Å². The van der Waals surface area contributed by atoms with Crippen molar-refractivity contribution >= 4 is 22.9 Å². The normalized spacial score (nSPS) is 24.7. The second-order valence-corrected chi connectivity index (χ2v) is 8.12. The molecule has 3 aliphatic rings. The van der Waals surface area contributed by atoms with Crippen LogP contribution >= 0.6 is 0 Å². The second kappa shape index (κ2) is 6.88. The van der Waals surface area contributed by atoms with E-state index < -0.39 is 0 Å². The summed E-state index contributed by atoms with van der Waals surface area (Å²) in [6.07, 6.45) is 7.41. The quantitative estimate of drug-likeness (QED) is 0.857. The summed E-state index contributed by atoms with van der Waals surface area (Å²) in [5, 5.41) is 7.55. The Morgan fingerprint density at radius 3 is 2.86 bits per heavy atom. The lowest BCUT2D eigenvalue weighted by Gasteiger charge is -2.38. The van der Waals surface area contributed by atoms with E-state index in [0.717, 1.165) is 64.2 Å². The van der Waals surface area contributed by atoms with E-state index in [4.69, 9.17) is 14.5 Å². The Morgan fingerprint density at radius 1 is 1.32 bits per heavy atom. The highest BCUT2D eigenvalue weighted by Gasteiger charge is 2.41. The van der Waals surface area contributed by atoms with Crippen molar-refractivity contribution in [3.05, 3.63) is 6.20 Å². The lowest BCUT2D eigenvalue weighted by Crippen LogP contribution is -2.41. The number of hydrogen-bond donors (Lipinski definition) is 1. The molecule has 3 saturated heterocycles. The first-order chi connectivity index (χ1) is 13.7. The molecule has 1 amide bonds. The van der Waals surface area contributed by atoms with Crippen LogP contribution in [0.25, 0.3) is 11.2 Å². The Hall–Kier alpha value is -2.42. The number of nitrogens with zero attached hydrogens (tertiary/aromatic N) is 5. The summed E-state index contributed by atoms with van der Waals surface area (Å²) in [6.45, 7) is 3.29. The third-order valence-corrected chi connectivity index (χ3v) is 6.33. The van der Waals surface area contributed by atoms with E-state index in [1.54, 1.807) is 13.3 Å². The minimum Gasteiger partial charge on any atom is -0.478 e. The molecule has 3 fully saturated rings. The molecule has 1 spiro atoms. The monoisotopic (exact) mass is 386 g/mol. The number of rotatable bonds is 3. The third-order valence-electron chi connectivity index (χ3n) is 6.33. The van der Waals surface area contributed by atoms with Gasteiger partial charge in [-0.25, -0.2) is 14.6 Å². The van der Waals surface area contributed by atoms with Gasteiger partial charge in [0.15, 0.2) is 17.4 Å². The number of nitrogens with one attached hydrogen (secondary N) is 1. The summed E-state index contributed by atoms with van der Waals surface area (Å²) in [5.74, 6) is 1.51. The molecule has 3 aliphatic heterocycles. The number of piperidine rings is 1. The van der Waals surface area contributed by atoms with Crippen molar-refractivity contribution in [2.45, 2.75) is 44.8 Å². The maximum absolute atomic E-state index is 11.7. The molecule has 0 saturated carbocycles. The van der Waals surface area contributed by atoms with E-state index in [1.165, 1.54) is 0 Å². The molecule has 5 rings (SSSR count). The van der Waals surface area contributed by atoms with Crippen molar-refractivity contribution in [1.29, 1.82) is 0 Å². The Balaban J connectivity index is 1.42. The van der Waals surface area contributed by atoms with Gasteiger partial charge in [0.1, 0.15) is 5.82 Å². The molecule has 28 heavy (non-hydrogen) atoms. The number of fused-ring (bicyclic) bond motifs is 1. The smallest absolute Gasteiger partial charge is 0.261 e. The largest absolute Gasteiger partial charge is 0.478 e. The highest BCUT2D eigenvalue weighted by atomic mass is 16.5. The number of hydrogen-bond acceptors (Lipinski definition) is 7. The third kappa shape index (κ3) is 2.97. The van der Waals surface area contributed by atoms with Crippen LogP contribution in [0.15, 0.2) is 6.20 Å². The van der Waals surface area contributed by atoms with Gasteiger partial charge >= 0.3 is 0 Å². The van der Waals surface area contributed by atoms with Crippen LogP contribution in [0.2, 0.25) is 0 Å². The second-order valence-electron chi connectivity index (χ2n) is 8.12. The Kier molecular flexibility index (Phi) is 4.34. The lowest BCUT2D eigenvalue weighted by atomic mass is 9.78. The van der Waals surface area contributed by atoms with Crippen LogP contribution in [0, 0.1) is 5.41 Å². The zero-order chi connectivity index (χ0) is 19.1. The first-order valence-corrected chi connectivity index (χ1v) is 10.1. The SMILES string of the molecule is COc1nn(C2CCCCO2)c2nc(N3CCC4(CC3)CNC(=O)C4)cnc12. The van der Waals surface area contributed by atoms with Crippen LogP contribution in [0.4, 0.5) is 5.82 Å². The summed E-state index contributed by atoms with van der Waals surface area (Å²) in [4.78, 5) is 23.4. The van der Waals surface area contributed by atoms with E-state index in [9.17, 15) is 4.79 Å². The average Bonchev–Trinajstić information content (AvgIpc) is 3.29. The van der Waals surface area contributed by atoms with Crippen LogP contribution in [0.5, 0.6) is 5.88 Å². The Morgan fingerprint density at radius 2 is 2.18 bits per heavy atom. The molecule has 9 heteroatoms. The van der Waals surface area contributed by atoms with Crippen molar-refractivity contribution < 1.29 is 14.3 Å². The van der Waals surface area contributed by atoms with Gasteiger partial charge in [0.25, 0.3) is 5.88 Å². The van der Waals surface area contributed by atoms with Crippen molar-refractivity contribution in [2.75, 3.05) is 38.3 Å². The predicted molar refractivity (Wildman–Crippen MR) is 102 cm³/mol. The molecule has 9 nitrogen and oxygen atoms in total. The molecule has 0 bridgehead atoms. The van der Waals surface area contributed by atoms with Crippen molar-refractivity contribution in [3.63, 3.8) is 0 Å². The summed E-state index contributed by atoms with van der Waals surface area (Å²) in [7, 11) is 1.60. The maximum Gasteiger partial charge on any atom is 0.261 e. The van der Waals surface area contributed by atoms with Gasteiger partial charge < -0.3 is 19.7 Å². The number of aromatic nitrogens is 4. The molecule has 0 aliphatic carbocycles. The minimum absolute atomic E-state index is 0.117. The summed E-state index contributed by atoms with van der Waals surface area (Å²) >= 11 is 0. The molecule has 1 N–H and O–H groups in total. The lowest BCUT2D eigenvalue weighted by molar-refractivity contribution is -0.119. The number of amides is 1. The van der Waals surface area contributed by atoms with Crippen LogP contribution < -0.4 is 15.0 Å². The van der Waals surface area contributed by atoms with Gasteiger partial charge in [0, 0.05) is 32.7 Å². The fourth-order valence-corrected chi connectivity index (χ4v) is 4.60. The van der Waals surface area contributed by atoms with Gasteiger partial charge in [-0.1, -0.05) is 0 Å². The zero-order valence-corrected chi connectivity index (χ0v) is 16.2. The standard InChI is InChI=1S/C19H26N6O3/c1-27-18-16-17(25(23-18)15-4-2-3-9-28-15)22-13(11-20-16)24-7-5-19(6-8-24)10-14(26)21-12-19/h11,15H,2-10,12H2,1H3,(H,21,26). The van der Waals surface area contributed by atoms with Gasteiger partial charge in [0.2, 0.25) is 5.91 Å². The molecule has 0 radical (unpaired) electrons. The van der Waals surface area contributed by atoms with Crippen LogP contribution in [-0.4, -0.2) is 59.0 Å². The number of anilines is 1. The predicted octanol–water partition coefficient (Wildman–Crippen LogP) is 1.64. The average molecular weight is 386 g/mol. The van der Waals surface area contributed by atoms with E-state index >= 15 is 0 Å². The topological polar surface area (TPSA) is 94.4 Å². The molecule has 2 aromatic rings. The first kappa shape index (κ1) is 17.7. The van der Waals surface area contributed by atoms with Crippen molar-refractivity contribution in [1.82, 2.24) is 25.1 Å². The van der Waals surface area contributed by atoms with Crippen molar-refractivity contribution in [2.24, 2.45) is 5.41 Å². The number of carbonyl (C=O) groups is 1. The summed E-state index contributed by atoms with van der Waals surface area (Å²) < 4.78 is 13.2. The Labute approximate surface area is 163 Å². The number of methoxy groups -OCH3 is 1. The van der Waals surface area contributed by atoms with Crippen LogP contribution in [-0.2, 0) is 9.53 Å². The molecule has 1 unspecified atom stereocenters. The molecular formula is C19H26N6O3. The van der Waals surface area contributed by atoms with Gasteiger partial charge in [-0.05, 0) is 37.5 Å². The fourth-order valence-electron chi connectivity index (χ4n) is 4.60. The first-order valence-electron chi connectivity index (χ1n) is 10.1.